The number of likely N-dealkylation sites (N-methyl/N-ethyl adjacent to an activating group) is 1. The van der Waals surface area contributed by atoms with Gasteiger partial charge in [-0.25, -0.2) is 0 Å². The van der Waals surface area contributed by atoms with Gasteiger partial charge in [0.15, 0.2) is 5.78 Å². The molecule has 0 spiro atoms. The number of hydrogen-bond acceptors (Lipinski definition) is 4. The topological polar surface area (TPSA) is 58.4 Å². The van der Waals surface area contributed by atoms with Crippen LogP contribution in [0.3, 0.4) is 0 Å². The van der Waals surface area contributed by atoms with E-state index in [0.29, 0.717) is 17.8 Å². The number of rotatable bonds is 8. The molecule has 0 heterocycles. The van der Waals surface area contributed by atoms with Crippen molar-refractivity contribution in [3.8, 4) is 0 Å². The normalized spacial score (nSPS) is 10.8. The minimum Gasteiger partial charge on any atom is -0.399 e. The minimum atomic E-state index is 0.0850. The van der Waals surface area contributed by atoms with Crippen molar-refractivity contribution in [2.24, 2.45) is 0 Å². The van der Waals surface area contributed by atoms with Gasteiger partial charge in [0.2, 0.25) is 0 Å². The predicted octanol–water partition coefficient (Wildman–Crippen LogP) is 1.38. The molecule has 0 bridgehead atoms. The Morgan fingerprint density at radius 3 is 2.67 bits per heavy atom. The highest BCUT2D eigenvalue weighted by Crippen LogP contribution is 2.06. The van der Waals surface area contributed by atoms with E-state index in [1.54, 1.807) is 24.3 Å². The molecule has 0 unspecified atom stereocenters. The van der Waals surface area contributed by atoms with Gasteiger partial charge in [-0.05, 0) is 25.2 Å². The largest absolute Gasteiger partial charge is 0.399 e. The van der Waals surface area contributed by atoms with Gasteiger partial charge in [-0.2, -0.15) is 0 Å². The number of nitrogens with zero attached hydrogens (tertiary/aromatic N) is 1. The quantitative estimate of drug-likeness (QED) is 0.415. The van der Waals surface area contributed by atoms with Crippen molar-refractivity contribution in [1.29, 1.82) is 0 Å². The van der Waals surface area contributed by atoms with Crippen molar-refractivity contribution in [3.05, 3.63) is 29.8 Å². The van der Waals surface area contributed by atoms with Gasteiger partial charge in [-0.3, -0.25) is 4.79 Å². The van der Waals surface area contributed by atoms with Gasteiger partial charge >= 0.3 is 0 Å². The first-order chi connectivity index (χ1) is 8.67. The van der Waals surface area contributed by atoms with E-state index in [0.717, 1.165) is 26.2 Å². The van der Waals surface area contributed by atoms with E-state index in [1.807, 2.05) is 0 Å². The van der Waals surface area contributed by atoms with Crippen molar-refractivity contribution in [3.63, 3.8) is 0 Å². The molecule has 0 aliphatic rings. The van der Waals surface area contributed by atoms with Gasteiger partial charge < -0.3 is 16.0 Å². The highest BCUT2D eigenvalue weighted by molar-refractivity contribution is 5.98. The molecule has 0 aromatic heterocycles. The molecule has 0 amide bonds. The summed E-state index contributed by atoms with van der Waals surface area (Å²) in [5.41, 5.74) is 6.95. The van der Waals surface area contributed by atoms with E-state index < -0.39 is 0 Å². The Balaban J connectivity index is 2.29. The van der Waals surface area contributed by atoms with Crippen molar-refractivity contribution >= 4 is 11.5 Å². The number of Topliss-reactive ketones (excluding diaryl/α,β-unsaturated/α-hetero) is 1. The van der Waals surface area contributed by atoms with Crippen LogP contribution in [0.1, 0.15) is 24.2 Å². The number of nitrogen functional groups attached to an aromatic ring is 1. The molecule has 1 rings (SSSR count). The first-order valence-electron chi connectivity index (χ1n) is 6.49. The average Bonchev–Trinajstić information content (AvgIpc) is 2.38. The lowest BCUT2D eigenvalue weighted by atomic mass is 10.1. The van der Waals surface area contributed by atoms with Crippen LogP contribution in [0.15, 0.2) is 24.3 Å². The van der Waals surface area contributed by atoms with Gasteiger partial charge in [0.1, 0.15) is 0 Å². The van der Waals surface area contributed by atoms with Crippen LogP contribution in [0, 0.1) is 0 Å². The zero-order chi connectivity index (χ0) is 13.4. The first kappa shape index (κ1) is 14.7. The second-order valence-corrected chi connectivity index (χ2v) is 4.25. The summed E-state index contributed by atoms with van der Waals surface area (Å²) in [5, 5.41) is 3.17. The zero-order valence-electron chi connectivity index (χ0n) is 11.3. The lowest BCUT2D eigenvalue weighted by Gasteiger charge is -2.17. The van der Waals surface area contributed by atoms with Crippen LogP contribution < -0.4 is 11.1 Å². The Hall–Kier alpha value is -1.39. The molecule has 4 heteroatoms. The number of nitrogens with two attached hydrogens (primary N) is 1. The van der Waals surface area contributed by atoms with Crippen LogP contribution in [0.4, 0.5) is 5.69 Å². The van der Waals surface area contributed by atoms with E-state index in [4.69, 9.17) is 5.73 Å². The zero-order valence-corrected chi connectivity index (χ0v) is 11.3. The van der Waals surface area contributed by atoms with Crippen LogP contribution in [-0.2, 0) is 0 Å². The summed E-state index contributed by atoms with van der Waals surface area (Å²) >= 11 is 0. The number of ketones is 1. The summed E-state index contributed by atoms with van der Waals surface area (Å²) < 4.78 is 0. The molecule has 0 atom stereocenters. The summed E-state index contributed by atoms with van der Waals surface area (Å²) in [6.07, 6.45) is 0. The summed E-state index contributed by atoms with van der Waals surface area (Å²) in [7, 11) is 0. The number of carbonyl (C=O) groups is 1. The maximum absolute atomic E-state index is 11.8. The monoisotopic (exact) mass is 249 g/mol. The molecule has 1 aromatic rings. The van der Waals surface area contributed by atoms with Crippen LogP contribution >= 0.6 is 0 Å². The number of carbonyl (C=O) groups excluding carboxylic acids is 1. The molecule has 0 saturated carbocycles. The Bertz CT molecular complexity index is 375. The van der Waals surface area contributed by atoms with E-state index in [-0.39, 0.29) is 5.78 Å². The Morgan fingerprint density at radius 1 is 1.33 bits per heavy atom. The minimum absolute atomic E-state index is 0.0850. The molecule has 0 fully saturated rings. The van der Waals surface area contributed by atoms with Gasteiger partial charge in [-0.15, -0.1) is 0 Å². The fraction of sp³-hybridized carbons (Fsp3) is 0.500. The lowest BCUT2D eigenvalue weighted by molar-refractivity contribution is 0.0990. The molecule has 1 aromatic carbocycles. The lowest BCUT2D eigenvalue weighted by Crippen LogP contribution is -2.34. The smallest absolute Gasteiger partial charge is 0.176 e. The summed E-state index contributed by atoms with van der Waals surface area (Å²) in [4.78, 5) is 14.2. The van der Waals surface area contributed by atoms with E-state index >= 15 is 0 Å². The highest BCUT2D eigenvalue weighted by Gasteiger charge is 2.05. The fourth-order valence-electron chi connectivity index (χ4n) is 1.79. The second kappa shape index (κ2) is 7.84. The number of hydrogen-bond donors (Lipinski definition) is 2. The first-order valence-corrected chi connectivity index (χ1v) is 6.49. The molecule has 18 heavy (non-hydrogen) atoms. The molecule has 0 saturated heterocycles. The molecular weight excluding hydrogens is 226 g/mol. The Labute approximate surface area is 109 Å². The molecule has 4 nitrogen and oxygen atoms in total. The van der Waals surface area contributed by atoms with E-state index in [2.05, 4.69) is 24.1 Å². The van der Waals surface area contributed by atoms with Crippen molar-refractivity contribution < 1.29 is 4.79 Å². The molecule has 100 valence electrons. The molecule has 0 radical (unpaired) electrons. The Kier molecular flexibility index (Phi) is 6.39. The predicted molar refractivity (Wildman–Crippen MR) is 75.8 cm³/mol. The summed E-state index contributed by atoms with van der Waals surface area (Å²) in [5.74, 6) is 0.0850. The number of benzene rings is 1. The van der Waals surface area contributed by atoms with Crippen LogP contribution in [-0.4, -0.2) is 43.4 Å². The number of anilines is 1. The molecular formula is C14H23N3O. The second-order valence-electron chi connectivity index (χ2n) is 4.25. The van der Waals surface area contributed by atoms with E-state index in [9.17, 15) is 4.79 Å². The standard InChI is InChI=1S/C14H23N3O/c1-3-17(4-2)9-8-16-11-14(18)12-6-5-7-13(15)10-12/h5-7,10,16H,3-4,8-9,11,15H2,1-2H3. The maximum atomic E-state index is 11.8. The third-order valence-corrected chi connectivity index (χ3v) is 2.99. The number of nitrogens with one attached hydrogen (secondary N) is 1. The molecule has 0 aliphatic heterocycles. The Morgan fingerprint density at radius 2 is 2.06 bits per heavy atom. The van der Waals surface area contributed by atoms with Crippen LogP contribution in [0.25, 0.3) is 0 Å². The average molecular weight is 249 g/mol. The SMILES string of the molecule is CCN(CC)CCNCC(=O)c1cccc(N)c1. The van der Waals surface area contributed by atoms with Gasteiger partial charge in [0, 0.05) is 24.3 Å². The van der Waals surface area contributed by atoms with Crippen molar-refractivity contribution in [2.45, 2.75) is 13.8 Å². The van der Waals surface area contributed by atoms with Gasteiger partial charge in [-0.1, -0.05) is 26.0 Å². The third-order valence-electron chi connectivity index (χ3n) is 2.99. The van der Waals surface area contributed by atoms with Gasteiger partial charge in [0.05, 0.1) is 6.54 Å². The molecule has 0 aliphatic carbocycles. The summed E-state index contributed by atoms with van der Waals surface area (Å²) in [6.45, 7) is 8.53. The van der Waals surface area contributed by atoms with Gasteiger partial charge in [0.25, 0.3) is 0 Å². The van der Waals surface area contributed by atoms with Crippen LogP contribution in [0.2, 0.25) is 0 Å². The third kappa shape index (κ3) is 4.85. The maximum Gasteiger partial charge on any atom is 0.176 e. The molecule has 3 N–H and O–H groups in total. The van der Waals surface area contributed by atoms with Crippen LogP contribution in [0.5, 0.6) is 0 Å². The van der Waals surface area contributed by atoms with Crippen molar-refractivity contribution in [1.82, 2.24) is 10.2 Å². The fourth-order valence-corrected chi connectivity index (χ4v) is 1.79. The highest BCUT2D eigenvalue weighted by atomic mass is 16.1. The summed E-state index contributed by atoms with van der Waals surface area (Å²) in [6, 6.07) is 7.10. The van der Waals surface area contributed by atoms with Crippen molar-refractivity contribution in [2.75, 3.05) is 38.5 Å². The van der Waals surface area contributed by atoms with E-state index in [1.165, 1.54) is 0 Å².